The maximum absolute atomic E-state index is 13.2. The molecular formula is C9H8F2O3. The number of rotatable bonds is 3. The zero-order chi connectivity index (χ0) is 10.8. The second-order valence-electron chi connectivity index (χ2n) is 2.73. The summed E-state index contributed by atoms with van der Waals surface area (Å²) in [5, 5.41) is 17.0. The van der Waals surface area contributed by atoms with Crippen molar-refractivity contribution >= 4 is 5.97 Å². The molecule has 0 aromatic heterocycles. The summed E-state index contributed by atoms with van der Waals surface area (Å²) < 4.78 is 26.3. The normalized spacial score (nSPS) is 13.6. The minimum absolute atomic E-state index is 0.519. The molecule has 5 heteroatoms. The van der Waals surface area contributed by atoms with E-state index in [0.29, 0.717) is 0 Å². The lowest BCUT2D eigenvalue weighted by atomic mass is 10.0. The molecule has 0 aliphatic heterocycles. The number of hydrogen-bond donors (Lipinski definition) is 2. The molecule has 0 aliphatic rings. The number of halogens is 2. The Morgan fingerprint density at radius 2 is 1.79 bits per heavy atom. The van der Waals surface area contributed by atoms with E-state index in [9.17, 15) is 13.6 Å². The second-order valence-corrected chi connectivity index (χ2v) is 2.73. The van der Waals surface area contributed by atoms with Crippen LogP contribution < -0.4 is 0 Å². The van der Waals surface area contributed by atoms with Gasteiger partial charge in [0.15, 0.2) is 0 Å². The Bertz CT molecular complexity index is 324. The summed E-state index contributed by atoms with van der Waals surface area (Å²) in [4.78, 5) is 10.2. The SMILES string of the molecule is O=C(O)[C@@H](O)C(F)(F)c1ccccc1. The quantitative estimate of drug-likeness (QED) is 0.774. The van der Waals surface area contributed by atoms with E-state index in [-0.39, 0.29) is 0 Å². The first kappa shape index (κ1) is 10.6. The first-order valence-corrected chi connectivity index (χ1v) is 3.80. The zero-order valence-corrected chi connectivity index (χ0v) is 7.02. The molecule has 3 nitrogen and oxygen atoms in total. The van der Waals surface area contributed by atoms with E-state index in [1.807, 2.05) is 0 Å². The van der Waals surface area contributed by atoms with Gasteiger partial charge in [0.25, 0.3) is 0 Å². The van der Waals surface area contributed by atoms with Gasteiger partial charge in [0.1, 0.15) is 0 Å². The first-order chi connectivity index (χ1) is 6.46. The summed E-state index contributed by atoms with van der Waals surface area (Å²) in [6.07, 6.45) is -2.72. The van der Waals surface area contributed by atoms with Crippen molar-refractivity contribution in [3.05, 3.63) is 35.9 Å². The van der Waals surface area contributed by atoms with Gasteiger partial charge in [-0.3, -0.25) is 0 Å². The molecule has 14 heavy (non-hydrogen) atoms. The van der Waals surface area contributed by atoms with E-state index in [2.05, 4.69) is 0 Å². The molecule has 2 N–H and O–H groups in total. The monoisotopic (exact) mass is 202 g/mol. The molecular weight excluding hydrogens is 194 g/mol. The summed E-state index contributed by atoms with van der Waals surface area (Å²) >= 11 is 0. The molecule has 1 rings (SSSR count). The van der Waals surface area contributed by atoms with Crippen LogP contribution >= 0.6 is 0 Å². The Labute approximate surface area is 78.6 Å². The van der Waals surface area contributed by atoms with Gasteiger partial charge >= 0.3 is 11.9 Å². The number of aliphatic hydroxyl groups excluding tert-OH is 1. The Morgan fingerprint density at radius 3 is 2.21 bits per heavy atom. The molecule has 0 unspecified atom stereocenters. The van der Waals surface area contributed by atoms with Crippen molar-refractivity contribution in [3.8, 4) is 0 Å². The van der Waals surface area contributed by atoms with Crippen LogP contribution in [0.25, 0.3) is 0 Å². The van der Waals surface area contributed by atoms with E-state index in [0.717, 1.165) is 12.1 Å². The fraction of sp³-hybridized carbons (Fsp3) is 0.222. The van der Waals surface area contributed by atoms with Gasteiger partial charge in [0.05, 0.1) is 0 Å². The van der Waals surface area contributed by atoms with Crippen LogP contribution in [0, 0.1) is 0 Å². The van der Waals surface area contributed by atoms with Gasteiger partial charge in [-0.25, -0.2) is 4.79 Å². The molecule has 0 amide bonds. The van der Waals surface area contributed by atoms with Gasteiger partial charge in [0.2, 0.25) is 6.10 Å². The van der Waals surface area contributed by atoms with Crippen molar-refractivity contribution in [3.63, 3.8) is 0 Å². The van der Waals surface area contributed by atoms with Crippen LogP contribution in [0.5, 0.6) is 0 Å². The molecule has 0 saturated heterocycles. The Morgan fingerprint density at radius 1 is 1.29 bits per heavy atom. The minimum atomic E-state index is -3.77. The van der Waals surface area contributed by atoms with Crippen LogP contribution in [0.1, 0.15) is 5.56 Å². The lowest BCUT2D eigenvalue weighted by Gasteiger charge is -2.19. The minimum Gasteiger partial charge on any atom is -0.479 e. The smallest absolute Gasteiger partial charge is 0.339 e. The third-order valence-electron chi connectivity index (χ3n) is 1.74. The highest BCUT2D eigenvalue weighted by molar-refractivity contribution is 5.73. The van der Waals surface area contributed by atoms with Crippen molar-refractivity contribution in [2.75, 3.05) is 0 Å². The third kappa shape index (κ3) is 1.88. The van der Waals surface area contributed by atoms with E-state index in [1.54, 1.807) is 0 Å². The van der Waals surface area contributed by atoms with Crippen LogP contribution in [0.2, 0.25) is 0 Å². The van der Waals surface area contributed by atoms with Gasteiger partial charge in [-0.1, -0.05) is 30.3 Å². The van der Waals surface area contributed by atoms with Gasteiger partial charge in [0, 0.05) is 5.56 Å². The van der Waals surface area contributed by atoms with Crippen molar-refractivity contribution < 1.29 is 23.8 Å². The molecule has 0 saturated carbocycles. The fourth-order valence-corrected chi connectivity index (χ4v) is 0.973. The largest absolute Gasteiger partial charge is 0.479 e. The number of carboxylic acids is 1. The lowest BCUT2D eigenvalue weighted by molar-refractivity contribution is -0.173. The van der Waals surface area contributed by atoms with Gasteiger partial charge in [-0.05, 0) is 0 Å². The van der Waals surface area contributed by atoms with Crippen molar-refractivity contribution in [1.29, 1.82) is 0 Å². The molecule has 0 heterocycles. The number of aliphatic hydroxyl groups is 1. The van der Waals surface area contributed by atoms with Gasteiger partial charge < -0.3 is 10.2 Å². The molecule has 76 valence electrons. The number of aliphatic carboxylic acids is 1. The van der Waals surface area contributed by atoms with Crippen LogP contribution in [-0.2, 0) is 10.7 Å². The van der Waals surface area contributed by atoms with E-state index in [1.165, 1.54) is 18.2 Å². The summed E-state index contributed by atoms with van der Waals surface area (Å²) in [5.41, 5.74) is -0.519. The van der Waals surface area contributed by atoms with Gasteiger partial charge in [-0.2, -0.15) is 8.78 Å². The second kappa shape index (κ2) is 3.71. The summed E-state index contributed by atoms with van der Waals surface area (Å²) in [5.74, 6) is -5.72. The van der Waals surface area contributed by atoms with E-state index in [4.69, 9.17) is 10.2 Å². The average Bonchev–Trinajstić information content (AvgIpc) is 2.18. The van der Waals surface area contributed by atoms with Crippen molar-refractivity contribution in [2.24, 2.45) is 0 Å². The van der Waals surface area contributed by atoms with Crippen LogP contribution in [0.3, 0.4) is 0 Å². The lowest BCUT2D eigenvalue weighted by Crippen LogP contribution is -2.37. The highest BCUT2D eigenvalue weighted by atomic mass is 19.3. The number of benzene rings is 1. The van der Waals surface area contributed by atoms with E-state index >= 15 is 0 Å². The molecule has 1 aromatic carbocycles. The van der Waals surface area contributed by atoms with Crippen LogP contribution in [-0.4, -0.2) is 22.3 Å². The highest BCUT2D eigenvalue weighted by Crippen LogP contribution is 2.31. The Kier molecular flexibility index (Phi) is 2.81. The summed E-state index contributed by atoms with van der Waals surface area (Å²) in [7, 11) is 0. The van der Waals surface area contributed by atoms with E-state index < -0.39 is 23.6 Å². The van der Waals surface area contributed by atoms with Crippen molar-refractivity contribution in [2.45, 2.75) is 12.0 Å². The predicted molar refractivity (Wildman–Crippen MR) is 44.0 cm³/mol. The number of carbonyl (C=O) groups is 1. The first-order valence-electron chi connectivity index (χ1n) is 3.80. The standard InChI is InChI=1S/C9H8F2O3/c10-9(11,7(12)8(13)14)6-4-2-1-3-5-6/h1-5,7,12H,(H,13,14)/t7-/m1/s1. The summed E-state index contributed by atoms with van der Waals surface area (Å²) in [6.45, 7) is 0. The average molecular weight is 202 g/mol. The Hall–Kier alpha value is -1.49. The number of alkyl halides is 2. The number of carboxylic acid groups (broad SMARTS) is 1. The Balaban J connectivity index is 3.02. The van der Waals surface area contributed by atoms with Crippen LogP contribution in [0.4, 0.5) is 8.78 Å². The molecule has 0 radical (unpaired) electrons. The van der Waals surface area contributed by atoms with Gasteiger partial charge in [-0.15, -0.1) is 0 Å². The molecule has 0 fully saturated rings. The molecule has 0 bridgehead atoms. The number of hydrogen-bond acceptors (Lipinski definition) is 2. The molecule has 1 aromatic rings. The summed E-state index contributed by atoms with van der Waals surface area (Å²) in [6, 6.07) is 6.33. The third-order valence-corrected chi connectivity index (χ3v) is 1.74. The maximum atomic E-state index is 13.2. The van der Waals surface area contributed by atoms with Crippen LogP contribution in [0.15, 0.2) is 30.3 Å². The molecule has 1 atom stereocenters. The molecule has 0 spiro atoms. The maximum Gasteiger partial charge on any atom is 0.339 e. The molecule has 0 aliphatic carbocycles. The topological polar surface area (TPSA) is 57.5 Å². The fourth-order valence-electron chi connectivity index (χ4n) is 0.973. The highest BCUT2D eigenvalue weighted by Gasteiger charge is 2.44. The predicted octanol–water partition coefficient (Wildman–Crippen LogP) is 1.22. The van der Waals surface area contributed by atoms with Crippen molar-refractivity contribution in [1.82, 2.24) is 0 Å². The zero-order valence-electron chi connectivity index (χ0n) is 7.02.